The van der Waals surface area contributed by atoms with Crippen LogP contribution in [0.2, 0.25) is 6.04 Å². The summed E-state index contributed by atoms with van der Waals surface area (Å²) in [5, 5.41) is 0. The topological polar surface area (TPSA) is 128 Å². The van der Waals surface area contributed by atoms with E-state index in [0.717, 1.165) is 20.8 Å². The summed E-state index contributed by atoms with van der Waals surface area (Å²) in [6.45, 7) is 4.62. The Bertz CT molecular complexity index is 391. The molecule has 0 saturated carbocycles. The molecule has 1 unspecified atom stereocenters. The van der Waals surface area contributed by atoms with E-state index in [-0.39, 0.29) is 18.8 Å². The van der Waals surface area contributed by atoms with E-state index in [1.807, 2.05) is 0 Å². The molecule has 0 aliphatic carbocycles. The Labute approximate surface area is 139 Å². The number of hydrogen-bond acceptors (Lipinski definition) is 11. The third-order valence-electron chi connectivity index (χ3n) is 2.34. The maximum Gasteiger partial charge on any atom is 0.619 e. The second kappa shape index (κ2) is 10.3. The van der Waals surface area contributed by atoms with Gasteiger partial charge in [-0.15, -0.1) is 0 Å². The van der Waals surface area contributed by atoms with Gasteiger partial charge in [0.15, 0.2) is 0 Å². The molecule has 1 aliphatic heterocycles. The normalized spacial score (nSPS) is 16.4. The summed E-state index contributed by atoms with van der Waals surface area (Å²) in [5.74, 6) is -2.40. The van der Waals surface area contributed by atoms with E-state index >= 15 is 0 Å². The molecule has 138 valence electrons. The summed E-state index contributed by atoms with van der Waals surface area (Å²) in [5.41, 5.74) is 0. The fourth-order valence-corrected chi connectivity index (χ4v) is 2.95. The smallest absolute Gasteiger partial charge is 0.379 e. The first-order valence-electron chi connectivity index (χ1n) is 7.11. The molecule has 1 aliphatic rings. The molecule has 1 atom stereocenters. The molecule has 0 N–H and O–H groups in total. The molecule has 11 nitrogen and oxygen atoms in total. The van der Waals surface area contributed by atoms with Crippen molar-refractivity contribution >= 4 is 26.7 Å². The molecule has 1 rings (SSSR count). The zero-order valence-electron chi connectivity index (χ0n) is 13.6. The van der Waals surface area contributed by atoms with Crippen molar-refractivity contribution in [1.82, 2.24) is 0 Å². The number of carbonyl (C=O) groups is 3. The molecule has 0 aromatic heterocycles. The second-order valence-electron chi connectivity index (χ2n) is 4.79. The molecule has 0 amide bonds. The first-order valence-corrected chi connectivity index (χ1v) is 9.04. The third kappa shape index (κ3) is 9.54. The monoisotopic (exact) mass is 368 g/mol. The van der Waals surface area contributed by atoms with Crippen molar-refractivity contribution in [2.45, 2.75) is 39.3 Å². The average Bonchev–Trinajstić information content (AvgIpc) is 3.32. The Hall–Kier alpha value is -1.57. The van der Waals surface area contributed by atoms with E-state index in [2.05, 4.69) is 14.7 Å². The van der Waals surface area contributed by atoms with Crippen LogP contribution in [0.1, 0.15) is 27.2 Å². The van der Waals surface area contributed by atoms with Crippen molar-refractivity contribution in [3.05, 3.63) is 0 Å². The quantitative estimate of drug-likeness (QED) is 0.154. The van der Waals surface area contributed by atoms with Gasteiger partial charge >= 0.3 is 26.7 Å². The highest BCUT2D eigenvalue weighted by molar-refractivity contribution is 6.60. The summed E-state index contributed by atoms with van der Waals surface area (Å²) >= 11 is 0. The van der Waals surface area contributed by atoms with Gasteiger partial charge in [-0.05, 0) is 6.42 Å². The molecule has 1 fully saturated rings. The molecule has 12 heteroatoms. The molecule has 0 aromatic carbocycles. The van der Waals surface area contributed by atoms with Crippen LogP contribution < -0.4 is 0 Å². The largest absolute Gasteiger partial charge is 0.619 e. The molecule has 0 radical (unpaired) electrons. The van der Waals surface area contributed by atoms with Crippen molar-refractivity contribution < 1.29 is 52.3 Å². The molecule has 0 bridgehead atoms. The highest BCUT2D eigenvalue weighted by atomic mass is 28.4. The lowest BCUT2D eigenvalue weighted by atomic mass is 10.5. The molecule has 24 heavy (non-hydrogen) atoms. The molecule has 1 heterocycles. The number of epoxide rings is 1. The summed E-state index contributed by atoms with van der Waals surface area (Å²) in [4.78, 5) is 46.0. The van der Waals surface area contributed by atoms with E-state index in [4.69, 9.17) is 23.2 Å². The Balaban J connectivity index is 2.58. The minimum absolute atomic E-state index is 0.0215. The lowest BCUT2D eigenvalue weighted by Gasteiger charge is -2.23. The predicted octanol–water partition coefficient (Wildman–Crippen LogP) is 0.215. The minimum Gasteiger partial charge on any atom is -0.379 e. The zero-order chi connectivity index (χ0) is 18.0. The van der Waals surface area contributed by atoms with Gasteiger partial charge in [-0.3, -0.25) is 0 Å². The molecular formula is C12H20O11Si. The Morgan fingerprint density at radius 2 is 1.42 bits per heavy atom. The van der Waals surface area contributed by atoms with Gasteiger partial charge in [-0.25, -0.2) is 14.4 Å². The van der Waals surface area contributed by atoms with E-state index in [1.165, 1.54) is 0 Å². The van der Waals surface area contributed by atoms with E-state index in [0.29, 0.717) is 19.6 Å². The van der Waals surface area contributed by atoms with Crippen LogP contribution in [-0.4, -0.2) is 52.6 Å². The molecule has 0 spiro atoms. The lowest BCUT2D eigenvalue weighted by Crippen LogP contribution is -2.47. The van der Waals surface area contributed by atoms with Gasteiger partial charge in [-0.2, -0.15) is 13.7 Å². The zero-order valence-corrected chi connectivity index (χ0v) is 14.6. The fraction of sp³-hybridized carbons (Fsp3) is 0.750. The summed E-state index contributed by atoms with van der Waals surface area (Å²) in [6.07, 6.45) is 0.432. The Kier molecular flexibility index (Phi) is 8.81. The number of hydrogen-bond donors (Lipinski definition) is 0. The minimum atomic E-state index is -3.99. The fourth-order valence-electron chi connectivity index (χ4n) is 1.30. The van der Waals surface area contributed by atoms with Crippen molar-refractivity contribution in [2.75, 3.05) is 19.8 Å². The van der Waals surface area contributed by atoms with E-state index in [1.54, 1.807) is 0 Å². The first-order chi connectivity index (χ1) is 11.3. The summed E-state index contributed by atoms with van der Waals surface area (Å²) < 4.78 is 24.9. The number of ether oxygens (including phenoxy) is 2. The lowest BCUT2D eigenvalue weighted by molar-refractivity contribution is -0.329. The van der Waals surface area contributed by atoms with Gasteiger partial charge in [-0.1, -0.05) is 0 Å². The second-order valence-corrected chi connectivity index (χ2v) is 7.16. The van der Waals surface area contributed by atoms with E-state index < -0.39 is 26.7 Å². The van der Waals surface area contributed by atoms with Crippen molar-refractivity contribution in [1.29, 1.82) is 0 Å². The molecule has 1 saturated heterocycles. The SMILES string of the molecule is CC(=O)OO[Si](CCCOCC1CO1)(OOC(C)=O)OOC(C)=O. The highest BCUT2D eigenvalue weighted by Crippen LogP contribution is 2.20. The van der Waals surface area contributed by atoms with Crippen molar-refractivity contribution in [3.8, 4) is 0 Å². The Morgan fingerprint density at radius 3 is 1.79 bits per heavy atom. The van der Waals surface area contributed by atoms with Crippen molar-refractivity contribution in [3.63, 3.8) is 0 Å². The van der Waals surface area contributed by atoms with Crippen LogP contribution in [0.15, 0.2) is 0 Å². The van der Waals surface area contributed by atoms with Gasteiger partial charge < -0.3 is 24.1 Å². The van der Waals surface area contributed by atoms with Crippen LogP contribution in [0.5, 0.6) is 0 Å². The number of carbonyl (C=O) groups excluding carboxylic acids is 3. The van der Waals surface area contributed by atoms with Crippen LogP contribution >= 0.6 is 0 Å². The van der Waals surface area contributed by atoms with Gasteiger partial charge in [0, 0.05) is 33.4 Å². The Morgan fingerprint density at radius 1 is 0.958 bits per heavy atom. The van der Waals surface area contributed by atoms with Crippen LogP contribution in [0.4, 0.5) is 0 Å². The highest BCUT2D eigenvalue weighted by Gasteiger charge is 2.50. The predicted molar refractivity (Wildman–Crippen MR) is 74.3 cm³/mol. The van der Waals surface area contributed by atoms with Crippen molar-refractivity contribution in [2.24, 2.45) is 0 Å². The van der Waals surface area contributed by atoms with Crippen LogP contribution in [0.3, 0.4) is 0 Å². The summed E-state index contributed by atoms with van der Waals surface area (Å²) in [6, 6.07) is -0.0215. The van der Waals surface area contributed by atoms with E-state index in [9.17, 15) is 14.4 Å². The maximum absolute atomic E-state index is 10.9. The van der Waals surface area contributed by atoms with Crippen LogP contribution in [-0.2, 0) is 52.3 Å². The molecule has 0 aromatic rings. The standard InChI is InChI=1S/C12H20O11Si/c1-9(13)18-21-24(22-19-10(2)14,23-20-11(3)15)6-4-5-16-7-12-8-17-12/h12H,4-8H2,1-3H3. The van der Waals surface area contributed by atoms with Gasteiger partial charge in [0.25, 0.3) is 0 Å². The van der Waals surface area contributed by atoms with Gasteiger partial charge in [0.05, 0.1) is 13.2 Å². The average molecular weight is 368 g/mol. The maximum atomic E-state index is 10.9. The van der Waals surface area contributed by atoms with Gasteiger partial charge in [0.1, 0.15) is 6.10 Å². The van der Waals surface area contributed by atoms with Crippen LogP contribution in [0, 0.1) is 0 Å². The first kappa shape index (κ1) is 20.5. The number of rotatable bonds is 12. The van der Waals surface area contributed by atoms with Gasteiger partial charge in [0.2, 0.25) is 0 Å². The van der Waals surface area contributed by atoms with Crippen LogP contribution in [0.25, 0.3) is 0 Å². The summed E-state index contributed by atoms with van der Waals surface area (Å²) in [7, 11) is -3.99. The molecular weight excluding hydrogens is 348 g/mol. The third-order valence-corrected chi connectivity index (χ3v) is 4.31.